The first kappa shape index (κ1) is 9.01. The van der Waals surface area contributed by atoms with Crippen molar-refractivity contribution in [1.82, 2.24) is 14.3 Å². The zero-order valence-electron chi connectivity index (χ0n) is 7.46. The molecule has 0 radical (unpaired) electrons. The van der Waals surface area contributed by atoms with Crippen LogP contribution < -0.4 is 10.6 Å². The van der Waals surface area contributed by atoms with Gasteiger partial charge in [0.15, 0.2) is 0 Å². The molecule has 2 N–H and O–H groups in total. The van der Waals surface area contributed by atoms with E-state index in [1.807, 2.05) is 0 Å². The van der Waals surface area contributed by atoms with Crippen LogP contribution in [0.1, 0.15) is 0 Å². The number of hydrogen-bond acceptors (Lipinski definition) is 4. The minimum absolute atomic E-state index is 0.0603. The van der Waals surface area contributed by atoms with Crippen molar-refractivity contribution in [3.63, 3.8) is 0 Å². The molecule has 5 nitrogen and oxygen atoms in total. The van der Waals surface area contributed by atoms with Crippen molar-refractivity contribution in [1.29, 1.82) is 0 Å². The normalized spacial score (nSPS) is 10.6. The number of nitrogens with two attached hydrogens (primary N) is 1. The third-order valence-electron chi connectivity index (χ3n) is 1.87. The van der Waals surface area contributed by atoms with Crippen molar-refractivity contribution < 1.29 is 0 Å². The van der Waals surface area contributed by atoms with E-state index in [0.29, 0.717) is 18.8 Å². The van der Waals surface area contributed by atoms with Crippen LogP contribution in [0.3, 0.4) is 0 Å². The van der Waals surface area contributed by atoms with Gasteiger partial charge in [0.05, 0.1) is 18.4 Å². The number of thiazole rings is 1. The molecule has 0 bridgehead atoms. The van der Waals surface area contributed by atoms with Gasteiger partial charge in [0.2, 0.25) is 0 Å². The number of anilines is 1. The summed E-state index contributed by atoms with van der Waals surface area (Å²) in [6, 6.07) is 0. The number of nitrogen functional groups attached to an aromatic ring is 1. The van der Waals surface area contributed by atoms with Crippen LogP contribution in [-0.4, -0.2) is 14.3 Å². The van der Waals surface area contributed by atoms with E-state index in [2.05, 4.69) is 5.10 Å². The van der Waals surface area contributed by atoms with Crippen molar-refractivity contribution in [3.05, 3.63) is 33.6 Å². The average Bonchev–Trinajstić information content (AvgIpc) is 2.72. The summed E-state index contributed by atoms with van der Waals surface area (Å²) in [6.07, 6.45) is 5.12. The monoisotopic (exact) mass is 210 g/mol. The van der Waals surface area contributed by atoms with Crippen molar-refractivity contribution in [3.8, 4) is 0 Å². The summed E-state index contributed by atoms with van der Waals surface area (Å²) in [5, 5.41) is 5.80. The van der Waals surface area contributed by atoms with Crippen LogP contribution >= 0.6 is 11.3 Å². The van der Waals surface area contributed by atoms with E-state index in [1.165, 1.54) is 11.3 Å². The fourth-order valence-corrected chi connectivity index (χ4v) is 1.78. The van der Waals surface area contributed by atoms with Gasteiger partial charge in [0, 0.05) is 24.3 Å². The predicted octanol–water partition coefficient (Wildman–Crippen LogP) is 0.389. The third-order valence-corrected chi connectivity index (χ3v) is 2.56. The first-order valence-electron chi connectivity index (χ1n) is 4.17. The van der Waals surface area contributed by atoms with Crippen LogP contribution in [-0.2, 0) is 13.1 Å². The summed E-state index contributed by atoms with van der Waals surface area (Å²) >= 11 is 1.20. The molecule has 0 aliphatic carbocycles. The lowest BCUT2D eigenvalue weighted by Crippen LogP contribution is -2.16. The van der Waals surface area contributed by atoms with Crippen molar-refractivity contribution in [2.45, 2.75) is 13.1 Å². The summed E-state index contributed by atoms with van der Waals surface area (Å²) in [6.45, 7) is 1.29. The van der Waals surface area contributed by atoms with E-state index in [1.54, 1.807) is 33.2 Å². The molecule has 14 heavy (non-hydrogen) atoms. The number of rotatable bonds is 3. The topological polar surface area (TPSA) is 65.8 Å². The highest BCUT2D eigenvalue weighted by molar-refractivity contribution is 7.07. The maximum Gasteiger partial charge on any atom is 0.307 e. The van der Waals surface area contributed by atoms with Gasteiger partial charge in [-0.15, -0.1) is 0 Å². The minimum Gasteiger partial charge on any atom is -0.396 e. The van der Waals surface area contributed by atoms with Gasteiger partial charge in [-0.05, 0) is 0 Å². The van der Waals surface area contributed by atoms with Gasteiger partial charge in [0.1, 0.15) is 0 Å². The number of aromatic nitrogens is 3. The molecule has 0 aliphatic heterocycles. The van der Waals surface area contributed by atoms with E-state index in [4.69, 9.17) is 5.73 Å². The summed E-state index contributed by atoms with van der Waals surface area (Å²) in [5.41, 5.74) is 6.15. The molecule has 0 saturated heterocycles. The second kappa shape index (κ2) is 3.67. The average molecular weight is 210 g/mol. The molecule has 0 amide bonds. The third kappa shape index (κ3) is 1.85. The first-order valence-corrected chi connectivity index (χ1v) is 5.05. The fraction of sp³-hybridized carbons (Fsp3) is 0.250. The van der Waals surface area contributed by atoms with Gasteiger partial charge in [-0.1, -0.05) is 11.3 Å². The van der Waals surface area contributed by atoms with Crippen LogP contribution in [0.5, 0.6) is 0 Å². The Labute approximate surface area is 84.4 Å². The standard InChI is InChI=1S/C8H10N4OS/c9-7-5-10-12(6-7)2-1-11-3-4-14-8(11)13/h3-6H,1-2,9H2. The molecule has 0 saturated carbocycles. The van der Waals surface area contributed by atoms with Gasteiger partial charge in [-0.3, -0.25) is 9.48 Å². The highest BCUT2D eigenvalue weighted by Gasteiger charge is 1.98. The zero-order valence-corrected chi connectivity index (χ0v) is 8.28. The molecule has 2 aromatic rings. The van der Waals surface area contributed by atoms with E-state index in [-0.39, 0.29) is 4.87 Å². The van der Waals surface area contributed by atoms with Crippen LogP contribution in [0, 0.1) is 0 Å². The van der Waals surface area contributed by atoms with Gasteiger partial charge in [-0.25, -0.2) is 0 Å². The molecule has 0 spiro atoms. The molecule has 2 rings (SSSR count). The predicted molar refractivity (Wildman–Crippen MR) is 55.2 cm³/mol. The quantitative estimate of drug-likeness (QED) is 0.797. The molecule has 0 unspecified atom stereocenters. The molecule has 2 aromatic heterocycles. The van der Waals surface area contributed by atoms with E-state index < -0.39 is 0 Å². The van der Waals surface area contributed by atoms with Crippen molar-refractivity contribution >= 4 is 17.0 Å². The molecular weight excluding hydrogens is 200 g/mol. The summed E-state index contributed by atoms with van der Waals surface area (Å²) < 4.78 is 3.38. The lowest BCUT2D eigenvalue weighted by Gasteiger charge is -2.00. The Bertz CT molecular complexity index is 469. The van der Waals surface area contributed by atoms with Crippen molar-refractivity contribution in [2.75, 3.05) is 5.73 Å². The van der Waals surface area contributed by atoms with Crippen LogP contribution in [0.4, 0.5) is 5.69 Å². The lowest BCUT2D eigenvalue weighted by molar-refractivity contribution is 0.529. The molecule has 2 heterocycles. The van der Waals surface area contributed by atoms with Crippen LogP contribution in [0.25, 0.3) is 0 Å². The molecule has 74 valence electrons. The fourth-order valence-electron chi connectivity index (χ4n) is 1.17. The Morgan fingerprint density at radius 1 is 1.50 bits per heavy atom. The van der Waals surface area contributed by atoms with Crippen molar-refractivity contribution in [2.24, 2.45) is 0 Å². The molecule has 0 fully saturated rings. The molecule has 0 aromatic carbocycles. The summed E-state index contributed by atoms with van der Waals surface area (Å²) in [5.74, 6) is 0. The van der Waals surface area contributed by atoms with E-state index >= 15 is 0 Å². The maximum atomic E-state index is 11.2. The minimum atomic E-state index is 0.0603. The van der Waals surface area contributed by atoms with Crippen LogP contribution in [0.15, 0.2) is 28.8 Å². The van der Waals surface area contributed by atoms with Gasteiger partial charge >= 0.3 is 4.87 Å². The van der Waals surface area contributed by atoms with E-state index in [0.717, 1.165) is 0 Å². The number of hydrogen-bond donors (Lipinski definition) is 1. The Morgan fingerprint density at radius 3 is 2.93 bits per heavy atom. The summed E-state index contributed by atoms with van der Waals surface area (Å²) in [7, 11) is 0. The Kier molecular flexibility index (Phi) is 2.36. The smallest absolute Gasteiger partial charge is 0.307 e. The first-order chi connectivity index (χ1) is 6.75. The Balaban J connectivity index is 2.01. The highest BCUT2D eigenvalue weighted by atomic mass is 32.1. The van der Waals surface area contributed by atoms with E-state index in [9.17, 15) is 4.79 Å². The van der Waals surface area contributed by atoms with Gasteiger partial charge < -0.3 is 10.3 Å². The Hall–Kier alpha value is -1.56. The summed E-state index contributed by atoms with van der Waals surface area (Å²) in [4.78, 5) is 11.2. The number of nitrogens with zero attached hydrogens (tertiary/aromatic N) is 3. The molecular formula is C8H10N4OS. The lowest BCUT2D eigenvalue weighted by atomic mass is 10.6. The van der Waals surface area contributed by atoms with Crippen LogP contribution in [0.2, 0.25) is 0 Å². The number of aryl methyl sites for hydroxylation is 2. The largest absolute Gasteiger partial charge is 0.396 e. The van der Waals surface area contributed by atoms with Gasteiger partial charge in [-0.2, -0.15) is 5.10 Å². The SMILES string of the molecule is Nc1cnn(CCn2ccsc2=O)c1. The second-order valence-corrected chi connectivity index (χ2v) is 3.76. The Morgan fingerprint density at radius 2 is 2.36 bits per heavy atom. The zero-order chi connectivity index (χ0) is 9.97. The maximum absolute atomic E-state index is 11.2. The highest BCUT2D eigenvalue weighted by Crippen LogP contribution is 1.98. The molecule has 0 aliphatic rings. The molecule has 0 atom stereocenters. The second-order valence-electron chi connectivity index (χ2n) is 2.90. The van der Waals surface area contributed by atoms with Gasteiger partial charge in [0.25, 0.3) is 0 Å². The molecule has 6 heteroatoms.